The maximum absolute atomic E-state index is 5.52. The molecule has 3 aromatic heterocycles. The van der Waals surface area contributed by atoms with E-state index in [1.807, 2.05) is 61.8 Å². The monoisotopic (exact) mass is 650 g/mol. The van der Waals surface area contributed by atoms with Crippen molar-refractivity contribution in [2.75, 3.05) is 0 Å². The predicted molar refractivity (Wildman–Crippen MR) is 136 cm³/mol. The minimum Gasteiger partial charge on any atom is -0.488 e. The predicted octanol–water partition coefficient (Wildman–Crippen LogP) is 6.35. The number of benzene rings is 3. The van der Waals surface area contributed by atoms with E-state index in [-0.39, 0.29) is 20.1 Å². The molecule has 6 aromatic rings. The Bertz CT molecular complexity index is 1520. The van der Waals surface area contributed by atoms with Crippen molar-refractivity contribution >= 4 is 11.1 Å². The SMILES string of the molecule is Cc1nc2cc(-c3nccn3-c3c(C)cccc3C)[c-]cc2o1.[Ir].[c-]1ccccc1-c1ccncn1. The van der Waals surface area contributed by atoms with Crippen LogP contribution in [0.2, 0.25) is 0 Å². The average molecular weight is 650 g/mol. The Balaban J connectivity index is 0.000000198. The van der Waals surface area contributed by atoms with Crippen LogP contribution in [-0.2, 0) is 20.1 Å². The second kappa shape index (κ2) is 11.2. The third-order valence-corrected chi connectivity index (χ3v) is 5.56. The molecule has 0 aliphatic heterocycles. The largest absolute Gasteiger partial charge is 0.488 e. The van der Waals surface area contributed by atoms with E-state index < -0.39 is 0 Å². The minimum absolute atomic E-state index is 0. The summed E-state index contributed by atoms with van der Waals surface area (Å²) in [4.78, 5) is 16.9. The zero-order chi connectivity index (χ0) is 24.2. The molecule has 1 radical (unpaired) electrons. The molecule has 0 amide bonds. The fraction of sp³-hybridized carbons (Fsp3) is 0.103. The van der Waals surface area contributed by atoms with Crippen LogP contribution in [0, 0.1) is 32.9 Å². The van der Waals surface area contributed by atoms with Gasteiger partial charge in [0, 0.05) is 56.8 Å². The van der Waals surface area contributed by atoms with E-state index in [9.17, 15) is 0 Å². The van der Waals surface area contributed by atoms with Crippen molar-refractivity contribution in [1.29, 1.82) is 0 Å². The molecule has 0 bridgehead atoms. The summed E-state index contributed by atoms with van der Waals surface area (Å²) in [5.74, 6) is 1.51. The van der Waals surface area contributed by atoms with Crippen LogP contribution in [-0.4, -0.2) is 24.5 Å². The fourth-order valence-electron chi connectivity index (χ4n) is 3.99. The van der Waals surface area contributed by atoms with Gasteiger partial charge in [0.1, 0.15) is 6.33 Å². The molecular formula is C29H23IrN5O-2. The Kier molecular flexibility index (Phi) is 7.83. The van der Waals surface area contributed by atoms with Crippen LogP contribution in [0.3, 0.4) is 0 Å². The van der Waals surface area contributed by atoms with Gasteiger partial charge in [0.05, 0.1) is 11.4 Å². The number of hydrogen-bond acceptors (Lipinski definition) is 5. The van der Waals surface area contributed by atoms with Gasteiger partial charge in [0.2, 0.25) is 0 Å². The van der Waals surface area contributed by atoms with Gasteiger partial charge >= 0.3 is 0 Å². The van der Waals surface area contributed by atoms with Crippen molar-refractivity contribution in [3.63, 3.8) is 0 Å². The normalized spacial score (nSPS) is 10.4. The van der Waals surface area contributed by atoms with Crippen LogP contribution in [0.4, 0.5) is 0 Å². The Morgan fingerprint density at radius 2 is 1.69 bits per heavy atom. The molecule has 181 valence electrons. The molecule has 0 fully saturated rings. The van der Waals surface area contributed by atoms with Crippen molar-refractivity contribution in [3.8, 4) is 28.3 Å². The van der Waals surface area contributed by atoms with E-state index in [2.05, 4.69) is 68.7 Å². The van der Waals surface area contributed by atoms with Gasteiger partial charge in [-0.25, -0.2) is 9.97 Å². The number of rotatable bonds is 3. The topological polar surface area (TPSA) is 69.6 Å². The van der Waals surface area contributed by atoms with E-state index in [1.165, 1.54) is 17.5 Å². The first kappa shape index (κ1) is 25.2. The summed E-state index contributed by atoms with van der Waals surface area (Å²) in [5.41, 5.74) is 7.96. The van der Waals surface area contributed by atoms with Crippen molar-refractivity contribution in [2.24, 2.45) is 0 Å². The number of nitrogens with zero attached hydrogens (tertiary/aromatic N) is 5. The third kappa shape index (κ3) is 5.33. The molecule has 0 aliphatic carbocycles. The zero-order valence-corrected chi connectivity index (χ0v) is 22.5. The molecule has 0 N–H and O–H groups in total. The van der Waals surface area contributed by atoms with Crippen LogP contribution in [0.1, 0.15) is 17.0 Å². The van der Waals surface area contributed by atoms with Gasteiger partial charge in [-0.1, -0.05) is 24.3 Å². The van der Waals surface area contributed by atoms with Crippen LogP contribution in [0.15, 0.2) is 90.0 Å². The Morgan fingerprint density at radius 1 is 0.861 bits per heavy atom. The summed E-state index contributed by atoms with van der Waals surface area (Å²) in [7, 11) is 0. The minimum atomic E-state index is 0. The summed E-state index contributed by atoms with van der Waals surface area (Å²) in [6.07, 6.45) is 7.06. The van der Waals surface area contributed by atoms with Gasteiger partial charge in [-0.15, -0.1) is 59.7 Å². The second-order valence-electron chi connectivity index (χ2n) is 8.06. The molecular weight excluding hydrogens is 627 g/mol. The molecule has 36 heavy (non-hydrogen) atoms. The van der Waals surface area contributed by atoms with Gasteiger partial charge in [-0.2, -0.15) is 0 Å². The van der Waals surface area contributed by atoms with E-state index in [0.717, 1.165) is 39.4 Å². The molecule has 0 saturated carbocycles. The summed E-state index contributed by atoms with van der Waals surface area (Å²) < 4.78 is 7.63. The van der Waals surface area contributed by atoms with E-state index >= 15 is 0 Å². The number of hydrogen-bond donors (Lipinski definition) is 0. The molecule has 0 aliphatic rings. The van der Waals surface area contributed by atoms with Crippen molar-refractivity contribution in [2.45, 2.75) is 20.8 Å². The Hall–Kier alpha value is -3.93. The Morgan fingerprint density at radius 3 is 2.42 bits per heavy atom. The molecule has 0 spiro atoms. The van der Waals surface area contributed by atoms with Gasteiger partial charge in [0.15, 0.2) is 5.89 Å². The number of aryl methyl sites for hydroxylation is 3. The molecule has 7 heteroatoms. The molecule has 3 heterocycles. The van der Waals surface area contributed by atoms with Gasteiger partial charge in [-0.05, 0) is 30.7 Å². The summed E-state index contributed by atoms with van der Waals surface area (Å²) in [5, 5.41) is 0. The first-order valence-corrected chi connectivity index (χ1v) is 11.2. The fourth-order valence-corrected chi connectivity index (χ4v) is 3.99. The molecule has 0 saturated heterocycles. The summed E-state index contributed by atoms with van der Waals surface area (Å²) in [6, 6.07) is 26.1. The van der Waals surface area contributed by atoms with Crippen LogP contribution < -0.4 is 0 Å². The van der Waals surface area contributed by atoms with Gasteiger partial charge < -0.3 is 8.98 Å². The second-order valence-corrected chi connectivity index (χ2v) is 8.06. The first-order valence-electron chi connectivity index (χ1n) is 11.2. The number of aromatic nitrogens is 5. The third-order valence-electron chi connectivity index (χ3n) is 5.56. The van der Waals surface area contributed by atoms with Crippen molar-refractivity contribution in [3.05, 3.63) is 115 Å². The quantitative estimate of drug-likeness (QED) is 0.209. The van der Waals surface area contributed by atoms with E-state index in [0.29, 0.717) is 5.89 Å². The van der Waals surface area contributed by atoms with Gasteiger partial charge in [0.25, 0.3) is 0 Å². The number of fused-ring (bicyclic) bond motifs is 1. The first-order chi connectivity index (χ1) is 17.1. The molecule has 0 atom stereocenters. The molecule has 3 aromatic carbocycles. The number of imidazole rings is 1. The van der Waals surface area contributed by atoms with Crippen molar-refractivity contribution in [1.82, 2.24) is 24.5 Å². The standard InChI is InChI=1S/C19H16N3O.C10H7N2.Ir/c1-12-5-4-6-13(2)18(12)22-10-9-20-19(22)15-7-8-17-16(11-15)21-14(3)23-17;1-2-4-9(5-3-1)10-6-7-11-8-12-10;/h4-6,8-11H,1-3H3;1-4,6-8H;/q2*-1;. The average Bonchev–Trinajstić information content (AvgIpc) is 3.51. The smallest absolute Gasteiger partial charge is 0.180 e. The van der Waals surface area contributed by atoms with E-state index in [4.69, 9.17) is 4.42 Å². The maximum atomic E-state index is 5.52. The number of oxazole rings is 1. The van der Waals surface area contributed by atoms with Crippen LogP contribution in [0.25, 0.3) is 39.4 Å². The Labute approximate surface area is 223 Å². The molecule has 6 nitrogen and oxygen atoms in total. The zero-order valence-electron chi connectivity index (χ0n) is 20.1. The summed E-state index contributed by atoms with van der Waals surface area (Å²) >= 11 is 0. The number of para-hydroxylation sites is 1. The van der Waals surface area contributed by atoms with Gasteiger partial charge in [-0.3, -0.25) is 9.97 Å². The van der Waals surface area contributed by atoms with Crippen LogP contribution >= 0.6 is 0 Å². The molecule has 6 rings (SSSR count). The maximum Gasteiger partial charge on any atom is 0.180 e. The van der Waals surface area contributed by atoms with Crippen LogP contribution in [0.5, 0.6) is 0 Å². The van der Waals surface area contributed by atoms with E-state index in [1.54, 1.807) is 6.20 Å². The molecule has 0 unspecified atom stereocenters. The summed E-state index contributed by atoms with van der Waals surface area (Å²) in [6.45, 7) is 6.07. The van der Waals surface area contributed by atoms with Crippen molar-refractivity contribution < 1.29 is 24.5 Å².